The Morgan fingerprint density at radius 1 is 1.28 bits per heavy atom. The van der Waals surface area contributed by atoms with Crippen molar-refractivity contribution in [1.82, 2.24) is 5.32 Å². The molecule has 0 aromatic heterocycles. The Balaban J connectivity index is 2.46. The van der Waals surface area contributed by atoms with Crippen LogP contribution in [-0.2, 0) is 4.79 Å². The highest BCUT2D eigenvalue weighted by Gasteiger charge is 2.08. The lowest BCUT2D eigenvalue weighted by atomic mass is 10.1. The van der Waals surface area contributed by atoms with Crippen LogP contribution < -0.4 is 14.8 Å². The number of rotatable bonds is 8. The number of benzene rings is 1. The SMILES string of the molecule is CNCCOc1cccc(OCC(=O)C(C)C)c1. The van der Waals surface area contributed by atoms with Gasteiger partial charge in [0.05, 0.1) is 0 Å². The molecule has 1 N–H and O–H groups in total. The van der Waals surface area contributed by atoms with Gasteiger partial charge in [0.1, 0.15) is 24.7 Å². The summed E-state index contributed by atoms with van der Waals surface area (Å²) in [5.74, 6) is 1.50. The molecule has 0 unspecified atom stereocenters. The van der Waals surface area contributed by atoms with Crippen molar-refractivity contribution in [3.63, 3.8) is 0 Å². The van der Waals surface area contributed by atoms with Gasteiger partial charge in [-0.05, 0) is 19.2 Å². The van der Waals surface area contributed by atoms with Crippen molar-refractivity contribution in [2.75, 3.05) is 26.8 Å². The first-order valence-electron chi connectivity index (χ1n) is 6.16. The van der Waals surface area contributed by atoms with Crippen LogP contribution in [0.1, 0.15) is 13.8 Å². The number of hydrogen-bond acceptors (Lipinski definition) is 4. The number of nitrogens with one attached hydrogen (secondary N) is 1. The minimum atomic E-state index is 0.0000567. The molecule has 0 fully saturated rings. The van der Waals surface area contributed by atoms with Gasteiger partial charge in [-0.3, -0.25) is 4.79 Å². The van der Waals surface area contributed by atoms with E-state index < -0.39 is 0 Å². The molecule has 0 aliphatic carbocycles. The molecule has 0 saturated heterocycles. The minimum absolute atomic E-state index is 0.0000567. The summed E-state index contributed by atoms with van der Waals surface area (Å²) in [6, 6.07) is 7.33. The zero-order valence-corrected chi connectivity index (χ0v) is 11.2. The van der Waals surface area contributed by atoms with E-state index in [0.29, 0.717) is 12.4 Å². The van der Waals surface area contributed by atoms with Crippen LogP contribution in [0.3, 0.4) is 0 Å². The number of likely N-dealkylation sites (N-methyl/N-ethyl adjacent to an activating group) is 1. The quantitative estimate of drug-likeness (QED) is 0.717. The largest absolute Gasteiger partial charge is 0.492 e. The van der Waals surface area contributed by atoms with Crippen molar-refractivity contribution in [2.45, 2.75) is 13.8 Å². The van der Waals surface area contributed by atoms with Crippen molar-refractivity contribution in [1.29, 1.82) is 0 Å². The van der Waals surface area contributed by atoms with E-state index >= 15 is 0 Å². The van der Waals surface area contributed by atoms with Gasteiger partial charge < -0.3 is 14.8 Å². The summed E-state index contributed by atoms with van der Waals surface area (Å²) >= 11 is 0. The second-order valence-electron chi connectivity index (χ2n) is 4.34. The molecule has 0 amide bonds. The average molecular weight is 251 g/mol. The molecule has 100 valence electrons. The number of Topliss-reactive ketones (excluding diaryl/α,β-unsaturated/α-hetero) is 1. The molecule has 0 saturated carbocycles. The Labute approximate surface area is 108 Å². The molecule has 18 heavy (non-hydrogen) atoms. The zero-order valence-electron chi connectivity index (χ0n) is 11.2. The molecule has 0 aliphatic heterocycles. The van der Waals surface area contributed by atoms with Gasteiger partial charge >= 0.3 is 0 Å². The van der Waals surface area contributed by atoms with Crippen molar-refractivity contribution >= 4 is 5.78 Å². The van der Waals surface area contributed by atoms with Gasteiger partial charge in [0.15, 0.2) is 5.78 Å². The summed E-state index contributed by atoms with van der Waals surface area (Å²) < 4.78 is 10.9. The van der Waals surface area contributed by atoms with Crippen LogP contribution in [0.4, 0.5) is 0 Å². The third kappa shape index (κ3) is 5.19. The van der Waals surface area contributed by atoms with Gasteiger partial charge in [0, 0.05) is 18.5 Å². The van der Waals surface area contributed by atoms with Crippen LogP contribution in [-0.4, -0.2) is 32.6 Å². The lowest BCUT2D eigenvalue weighted by molar-refractivity contribution is -0.123. The molecule has 0 radical (unpaired) electrons. The number of carbonyl (C=O) groups excluding carboxylic acids is 1. The molecule has 4 nitrogen and oxygen atoms in total. The van der Waals surface area contributed by atoms with Gasteiger partial charge in [-0.2, -0.15) is 0 Å². The van der Waals surface area contributed by atoms with Crippen LogP contribution >= 0.6 is 0 Å². The van der Waals surface area contributed by atoms with E-state index in [1.165, 1.54) is 0 Å². The third-order valence-corrected chi connectivity index (χ3v) is 2.45. The average Bonchev–Trinajstić information content (AvgIpc) is 2.36. The van der Waals surface area contributed by atoms with E-state index in [-0.39, 0.29) is 18.3 Å². The van der Waals surface area contributed by atoms with E-state index in [1.54, 1.807) is 6.07 Å². The molecule has 0 heterocycles. The van der Waals surface area contributed by atoms with Crippen LogP contribution in [0.15, 0.2) is 24.3 Å². The van der Waals surface area contributed by atoms with Crippen molar-refractivity contribution in [2.24, 2.45) is 5.92 Å². The number of ketones is 1. The maximum Gasteiger partial charge on any atom is 0.172 e. The lowest BCUT2D eigenvalue weighted by Gasteiger charge is -2.10. The predicted octanol–water partition coefficient (Wildman–Crippen LogP) is 1.89. The number of hydrogen-bond donors (Lipinski definition) is 1. The maximum absolute atomic E-state index is 11.4. The maximum atomic E-state index is 11.4. The fourth-order valence-corrected chi connectivity index (χ4v) is 1.25. The Hall–Kier alpha value is -1.55. The first-order chi connectivity index (χ1) is 8.63. The van der Waals surface area contributed by atoms with Crippen LogP contribution in [0.25, 0.3) is 0 Å². The normalized spacial score (nSPS) is 10.4. The Morgan fingerprint density at radius 3 is 2.56 bits per heavy atom. The van der Waals surface area contributed by atoms with Gasteiger partial charge in [0.2, 0.25) is 0 Å². The third-order valence-electron chi connectivity index (χ3n) is 2.45. The van der Waals surface area contributed by atoms with E-state index in [9.17, 15) is 4.79 Å². The highest BCUT2D eigenvalue weighted by molar-refractivity contribution is 5.81. The molecule has 0 bridgehead atoms. The summed E-state index contributed by atoms with van der Waals surface area (Å²) in [6.45, 7) is 5.23. The fraction of sp³-hybridized carbons (Fsp3) is 0.500. The lowest BCUT2D eigenvalue weighted by Crippen LogP contribution is -2.17. The number of carbonyl (C=O) groups is 1. The molecule has 1 aromatic carbocycles. The van der Waals surface area contributed by atoms with E-state index in [4.69, 9.17) is 9.47 Å². The van der Waals surface area contributed by atoms with E-state index in [2.05, 4.69) is 5.32 Å². The minimum Gasteiger partial charge on any atom is -0.492 e. The first-order valence-corrected chi connectivity index (χ1v) is 6.16. The molecule has 1 aromatic rings. The summed E-state index contributed by atoms with van der Waals surface area (Å²) in [4.78, 5) is 11.4. The fourth-order valence-electron chi connectivity index (χ4n) is 1.25. The second-order valence-corrected chi connectivity index (χ2v) is 4.34. The summed E-state index contributed by atoms with van der Waals surface area (Å²) in [7, 11) is 1.88. The molecule has 0 aliphatic rings. The standard InChI is InChI=1S/C14H21NO3/c1-11(2)14(16)10-18-13-6-4-5-12(9-13)17-8-7-15-3/h4-6,9,11,15H,7-8,10H2,1-3H3. The van der Waals surface area contributed by atoms with Gasteiger partial charge in [-0.1, -0.05) is 19.9 Å². The van der Waals surface area contributed by atoms with E-state index in [1.807, 2.05) is 39.1 Å². The van der Waals surface area contributed by atoms with Gasteiger partial charge in [-0.15, -0.1) is 0 Å². The molecule has 0 atom stereocenters. The van der Waals surface area contributed by atoms with Crippen molar-refractivity contribution in [3.05, 3.63) is 24.3 Å². The van der Waals surface area contributed by atoms with Gasteiger partial charge in [0.25, 0.3) is 0 Å². The highest BCUT2D eigenvalue weighted by atomic mass is 16.5. The Kier molecular flexibility index (Phi) is 6.22. The van der Waals surface area contributed by atoms with Crippen LogP contribution in [0, 0.1) is 5.92 Å². The summed E-state index contributed by atoms with van der Waals surface area (Å²) in [6.07, 6.45) is 0. The highest BCUT2D eigenvalue weighted by Crippen LogP contribution is 2.19. The van der Waals surface area contributed by atoms with Gasteiger partial charge in [-0.25, -0.2) is 0 Å². The van der Waals surface area contributed by atoms with Crippen molar-refractivity contribution < 1.29 is 14.3 Å². The molecule has 0 spiro atoms. The number of ether oxygens (including phenoxy) is 2. The Morgan fingerprint density at radius 2 is 1.94 bits per heavy atom. The van der Waals surface area contributed by atoms with Crippen molar-refractivity contribution in [3.8, 4) is 11.5 Å². The smallest absolute Gasteiger partial charge is 0.172 e. The zero-order chi connectivity index (χ0) is 13.4. The predicted molar refractivity (Wildman–Crippen MR) is 71.2 cm³/mol. The van der Waals surface area contributed by atoms with E-state index in [0.717, 1.165) is 12.3 Å². The van der Waals surface area contributed by atoms with Crippen LogP contribution in [0.2, 0.25) is 0 Å². The topological polar surface area (TPSA) is 47.6 Å². The Bertz CT molecular complexity index is 377. The molecular weight excluding hydrogens is 230 g/mol. The molecule has 4 heteroatoms. The monoisotopic (exact) mass is 251 g/mol. The summed E-state index contributed by atoms with van der Waals surface area (Å²) in [5.41, 5.74) is 0. The first kappa shape index (κ1) is 14.5. The molecular formula is C14H21NO3. The van der Waals surface area contributed by atoms with Crippen LogP contribution in [0.5, 0.6) is 11.5 Å². The molecule has 1 rings (SSSR count). The second kappa shape index (κ2) is 7.71. The summed E-state index contributed by atoms with van der Waals surface area (Å²) in [5, 5.41) is 3.00.